The van der Waals surface area contributed by atoms with Crippen molar-refractivity contribution in [1.29, 1.82) is 0 Å². The lowest BCUT2D eigenvalue weighted by atomic mass is 9.84. The van der Waals surface area contributed by atoms with Crippen LogP contribution in [0, 0.1) is 0 Å². The highest BCUT2D eigenvalue weighted by atomic mass is 14.4. The molecule has 0 radical (unpaired) electrons. The summed E-state index contributed by atoms with van der Waals surface area (Å²) in [7, 11) is 0. The average Bonchev–Trinajstić information content (AvgIpc) is 3.40. The standard InChI is InChI=1S/C32H22/c1-2-10-21(11-3-1)29-20-23-19-18-22-12-4-5-13-24(22)30(23)32(29)31-27-16-8-6-14-25(27)26-15-7-9-17-28(26)31/h1-19,29H,20H2/t29-/m0/s1. The Balaban J connectivity index is 1.65. The van der Waals surface area contributed by atoms with Crippen molar-refractivity contribution >= 4 is 21.9 Å². The fourth-order valence-corrected chi connectivity index (χ4v) is 5.88. The molecule has 0 N–H and O–H groups in total. The van der Waals surface area contributed by atoms with E-state index in [4.69, 9.17) is 0 Å². The molecule has 0 unspecified atom stereocenters. The summed E-state index contributed by atoms with van der Waals surface area (Å²) in [6, 6.07) is 42.4. The number of fused-ring (bicyclic) bond motifs is 6. The van der Waals surface area contributed by atoms with Gasteiger partial charge in [0.2, 0.25) is 0 Å². The van der Waals surface area contributed by atoms with Crippen LogP contribution in [0.5, 0.6) is 0 Å². The van der Waals surface area contributed by atoms with Crippen LogP contribution >= 0.6 is 0 Å². The fourth-order valence-electron chi connectivity index (χ4n) is 5.88. The average molecular weight is 407 g/mol. The first kappa shape index (κ1) is 17.7. The molecule has 0 heterocycles. The lowest BCUT2D eigenvalue weighted by molar-refractivity contribution is 0.899. The molecule has 150 valence electrons. The second-order valence-electron chi connectivity index (χ2n) is 8.87. The van der Waals surface area contributed by atoms with Gasteiger partial charge < -0.3 is 0 Å². The van der Waals surface area contributed by atoms with Gasteiger partial charge in [0, 0.05) is 5.92 Å². The highest BCUT2D eigenvalue weighted by molar-refractivity contribution is 6.15. The molecule has 32 heavy (non-hydrogen) atoms. The molecule has 0 heteroatoms. The predicted molar refractivity (Wildman–Crippen MR) is 135 cm³/mol. The van der Waals surface area contributed by atoms with Gasteiger partial charge >= 0.3 is 0 Å². The maximum absolute atomic E-state index is 2.36. The summed E-state index contributed by atoms with van der Waals surface area (Å²) in [6.07, 6.45) is 1.05. The number of benzene rings is 5. The number of hydrogen-bond donors (Lipinski definition) is 0. The molecule has 0 amide bonds. The Hall–Kier alpha value is -3.90. The molecule has 5 aromatic carbocycles. The third kappa shape index (κ3) is 2.44. The zero-order chi connectivity index (χ0) is 21.1. The predicted octanol–water partition coefficient (Wildman–Crippen LogP) is 8.12. The number of allylic oxidation sites excluding steroid dienone is 1. The smallest absolute Gasteiger partial charge is 0.0143 e. The molecule has 0 saturated heterocycles. The molecule has 0 aliphatic heterocycles. The Morgan fingerprint density at radius 3 is 1.81 bits per heavy atom. The maximum Gasteiger partial charge on any atom is 0.0143 e. The summed E-state index contributed by atoms with van der Waals surface area (Å²) in [6.45, 7) is 0. The van der Waals surface area contributed by atoms with E-state index in [1.165, 1.54) is 60.9 Å². The Kier molecular flexibility index (Phi) is 3.77. The summed E-state index contributed by atoms with van der Waals surface area (Å²) in [5, 5.41) is 2.69. The second kappa shape index (κ2) is 6.80. The molecule has 2 aliphatic rings. The minimum absolute atomic E-state index is 0.353. The second-order valence-corrected chi connectivity index (χ2v) is 8.87. The third-order valence-corrected chi connectivity index (χ3v) is 7.21. The van der Waals surface area contributed by atoms with Gasteiger partial charge in [0.1, 0.15) is 0 Å². The van der Waals surface area contributed by atoms with Gasteiger partial charge in [-0.25, -0.2) is 0 Å². The third-order valence-electron chi connectivity index (χ3n) is 7.21. The Bertz CT molecular complexity index is 1490. The van der Waals surface area contributed by atoms with Crippen molar-refractivity contribution in [3.63, 3.8) is 0 Å². The van der Waals surface area contributed by atoms with E-state index < -0.39 is 0 Å². The van der Waals surface area contributed by atoms with Crippen LogP contribution in [0.15, 0.2) is 115 Å². The van der Waals surface area contributed by atoms with Gasteiger partial charge in [-0.3, -0.25) is 0 Å². The molecule has 0 saturated carbocycles. The van der Waals surface area contributed by atoms with Crippen molar-refractivity contribution in [1.82, 2.24) is 0 Å². The van der Waals surface area contributed by atoms with Crippen molar-refractivity contribution in [3.05, 3.63) is 143 Å². The first-order valence-electron chi connectivity index (χ1n) is 11.4. The molecule has 2 aliphatic carbocycles. The Labute approximate surface area is 188 Å². The molecule has 0 bridgehead atoms. The van der Waals surface area contributed by atoms with Crippen LogP contribution in [0.1, 0.15) is 33.7 Å². The van der Waals surface area contributed by atoms with E-state index in [0.717, 1.165) is 6.42 Å². The van der Waals surface area contributed by atoms with Crippen LogP contribution in [0.25, 0.3) is 33.0 Å². The van der Waals surface area contributed by atoms with E-state index in [0.29, 0.717) is 5.92 Å². The van der Waals surface area contributed by atoms with Gasteiger partial charge in [-0.15, -0.1) is 0 Å². The van der Waals surface area contributed by atoms with Crippen LogP contribution in [-0.2, 0) is 6.42 Å². The zero-order valence-electron chi connectivity index (χ0n) is 17.8. The van der Waals surface area contributed by atoms with Gasteiger partial charge in [0.25, 0.3) is 0 Å². The highest BCUT2D eigenvalue weighted by Gasteiger charge is 2.35. The summed E-state index contributed by atoms with van der Waals surface area (Å²) in [5.41, 5.74) is 12.6. The Morgan fingerprint density at radius 2 is 1.09 bits per heavy atom. The summed E-state index contributed by atoms with van der Waals surface area (Å²) in [5.74, 6) is 0.353. The van der Waals surface area contributed by atoms with Gasteiger partial charge in [0.15, 0.2) is 0 Å². The van der Waals surface area contributed by atoms with Gasteiger partial charge in [-0.05, 0) is 67.3 Å². The molecule has 0 fully saturated rings. The van der Waals surface area contributed by atoms with Crippen LogP contribution in [0.3, 0.4) is 0 Å². The summed E-state index contributed by atoms with van der Waals surface area (Å²) < 4.78 is 0. The summed E-state index contributed by atoms with van der Waals surface area (Å²) >= 11 is 0. The molecule has 0 spiro atoms. The molecule has 7 rings (SSSR count). The van der Waals surface area contributed by atoms with E-state index >= 15 is 0 Å². The highest BCUT2D eigenvalue weighted by Crippen LogP contribution is 2.55. The number of hydrogen-bond acceptors (Lipinski definition) is 0. The molecule has 0 aromatic heterocycles. The van der Waals surface area contributed by atoms with Crippen LogP contribution in [0.2, 0.25) is 0 Å². The molecule has 0 nitrogen and oxygen atoms in total. The number of rotatable bonds is 1. The van der Waals surface area contributed by atoms with Crippen molar-refractivity contribution in [2.24, 2.45) is 0 Å². The molecular formula is C32H22. The first-order valence-corrected chi connectivity index (χ1v) is 11.4. The quantitative estimate of drug-likeness (QED) is 0.259. The SMILES string of the molecule is c1ccc([C@@H]2Cc3ccc4ccccc4c3C2=C2c3ccccc3-c3ccccc32)cc1. The normalized spacial score (nSPS) is 16.2. The Morgan fingerprint density at radius 1 is 0.500 bits per heavy atom. The van der Waals surface area contributed by atoms with Crippen molar-refractivity contribution in [2.75, 3.05) is 0 Å². The lowest BCUT2D eigenvalue weighted by Gasteiger charge is -2.19. The van der Waals surface area contributed by atoms with E-state index in [1.807, 2.05) is 0 Å². The maximum atomic E-state index is 2.36. The monoisotopic (exact) mass is 406 g/mol. The van der Waals surface area contributed by atoms with E-state index in [-0.39, 0.29) is 0 Å². The van der Waals surface area contributed by atoms with E-state index in [2.05, 4.69) is 115 Å². The molecule has 5 aromatic rings. The van der Waals surface area contributed by atoms with Crippen LogP contribution in [0.4, 0.5) is 0 Å². The van der Waals surface area contributed by atoms with E-state index in [9.17, 15) is 0 Å². The van der Waals surface area contributed by atoms with Crippen LogP contribution in [-0.4, -0.2) is 0 Å². The molecule has 1 atom stereocenters. The largest absolute Gasteiger partial charge is 0.0622 e. The first-order chi connectivity index (χ1) is 15.9. The van der Waals surface area contributed by atoms with Gasteiger partial charge in [-0.2, -0.15) is 0 Å². The van der Waals surface area contributed by atoms with Crippen molar-refractivity contribution in [2.45, 2.75) is 12.3 Å². The van der Waals surface area contributed by atoms with E-state index in [1.54, 1.807) is 0 Å². The van der Waals surface area contributed by atoms with Crippen molar-refractivity contribution < 1.29 is 0 Å². The lowest BCUT2D eigenvalue weighted by Crippen LogP contribution is -2.00. The van der Waals surface area contributed by atoms with Crippen LogP contribution < -0.4 is 0 Å². The summed E-state index contributed by atoms with van der Waals surface area (Å²) in [4.78, 5) is 0. The fraction of sp³-hybridized carbons (Fsp3) is 0.0625. The molecular weight excluding hydrogens is 384 g/mol. The van der Waals surface area contributed by atoms with Crippen molar-refractivity contribution in [3.8, 4) is 11.1 Å². The van der Waals surface area contributed by atoms with Gasteiger partial charge in [-0.1, -0.05) is 115 Å². The van der Waals surface area contributed by atoms with Gasteiger partial charge in [0.05, 0.1) is 0 Å². The minimum atomic E-state index is 0.353. The minimum Gasteiger partial charge on any atom is -0.0622 e. The zero-order valence-corrected chi connectivity index (χ0v) is 17.8. The topological polar surface area (TPSA) is 0 Å².